The molecule has 0 heterocycles. The van der Waals surface area contributed by atoms with E-state index in [-0.39, 0.29) is 170 Å². The number of phenolic OH excluding ortho intramolecular Hbond substituents is 1. The van der Waals surface area contributed by atoms with E-state index in [2.05, 4.69) is 20.5 Å². The fourth-order valence-electron chi connectivity index (χ4n) is 5.34. The van der Waals surface area contributed by atoms with Gasteiger partial charge in [0.1, 0.15) is 47.5 Å². The molecular formula is C34H35KLiN6NaO14S3. The summed E-state index contributed by atoms with van der Waals surface area (Å²) in [5.41, 5.74) is 6.18. The summed E-state index contributed by atoms with van der Waals surface area (Å²) in [4.78, 5) is -0.851. The Morgan fingerprint density at radius 2 is 1.27 bits per heavy atom. The third-order valence-electron chi connectivity index (χ3n) is 8.05. The Bertz CT molecular complexity index is 2700. The molecule has 20 nitrogen and oxygen atoms in total. The van der Waals surface area contributed by atoms with Crippen molar-refractivity contribution in [2.75, 3.05) is 52.3 Å². The van der Waals surface area contributed by atoms with E-state index in [0.29, 0.717) is 31.3 Å². The largest absolute Gasteiger partial charge is 1.00 e. The molecule has 5 aromatic carbocycles. The number of aromatic hydroxyl groups is 1. The molecule has 60 heavy (non-hydrogen) atoms. The molecule has 0 aliphatic carbocycles. The maximum absolute atomic E-state index is 12.0. The number of aryl methyl sites for hydroxylation is 1. The predicted molar refractivity (Wildman–Crippen MR) is 202 cm³/mol. The molecule has 0 saturated carbocycles. The van der Waals surface area contributed by atoms with E-state index in [0.717, 1.165) is 12.1 Å². The van der Waals surface area contributed by atoms with Gasteiger partial charge in [-0.15, -0.1) is 10.2 Å². The third kappa shape index (κ3) is 14.8. The molecule has 0 unspecified atom stereocenters. The zero-order chi connectivity index (χ0) is 42.3. The molecule has 6 N–H and O–H groups in total. The van der Waals surface area contributed by atoms with Crippen molar-refractivity contribution in [2.45, 2.75) is 21.6 Å². The summed E-state index contributed by atoms with van der Waals surface area (Å²) in [6, 6.07) is 13.3. The van der Waals surface area contributed by atoms with Gasteiger partial charge in [-0.25, -0.2) is 25.3 Å². The summed E-state index contributed by atoms with van der Waals surface area (Å²) < 4.78 is 111. The van der Waals surface area contributed by atoms with Crippen molar-refractivity contribution in [1.82, 2.24) is 4.90 Å². The van der Waals surface area contributed by atoms with E-state index < -0.39 is 56.5 Å². The minimum Gasteiger partial charge on any atom is -0.744 e. The van der Waals surface area contributed by atoms with Crippen LogP contribution in [0.25, 0.3) is 21.5 Å². The Balaban J connectivity index is 0.00000123. The SMILES string of the molecule is COc1cc(N=Nc2ccc3cc(S(=O)(=O)[O-])cc(S(=O)(=O)[O-])c3c2)c(C)cc1N=Nc1c(S(=O)(=O)[O-])cc2cc(N)ccc2c1O.OCCN(CCO)CCO.[K+].[Li+].[Na+]. The van der Waals surface area contributed by atoms with Crippen LogP contribution in [0.1, 0.15) is 5.56 Å². The standard InChI is InChI=1S/C28H23N5O11S3.C6H15NO3.K.Li.Na/c1-14-7-23(32-33-27-26(47(41,42)43)10-16-8-17(29)4-6-20(16)28(27)34)24(44-2)13-22(14)31-30-18-5-3-15-9-19(45(35,36)37)12-25(21(15)11-18)46(38,39)40;8-4-1-7(2-5-9)3-6-10;;;/h3-13,34H,29H2,1-2H3,(H,35,36,37)(H,38,39,40)(H,41,42,43);8-10H,1-6H2;;;/q;;3*+1/p-3. The zero-order valence-electron chi connectivity index (χ0n) is 33.0. The Hall–Kier alpha value is -1.98. The van der Waals surface area contributed by atoms with E-state index in [1.165, 1.54) is 55.6 Å². The molecule has 0 aliphatic heterocycles. The van der Waals surface area contributed by atoms with Crippen LogP contribution in [0.15, 0.2) is 102 Å². The normalized spacial score (nSPS) is 11.9. The van der Waals surface area contributed by atoms with Crippen LogP contribution in [0.4, 0.5) is 28.4 Å². The number of azo groups is 2. The summed E-state index contributed by atoms with van der Waals surface area (Å²) in [5.74, 6) is -0.548. The summed E-state index contributed by atoms with van der Waals surface area (Å²) in [7, 11) is -14.1. The molecule has 0 amide bonds. The average Bonchev–Trinajstić information content (AvgIpc) is 3.12. The van der Waals surface area contributed by atoms with Crippen LogP contribution in [-0.2, 0) is 30.4 Å². The molecule has 5 rings (SSSR count). The first-order valence-corrected chi connectivity index (χ1v) is 20.5. The monoisotopic (exact) mass is 916 g/mol. The first-order valence-electron chi connectivity index (χ1n) is 16.3. The number of rotatable bonds is 14. The number of hydrogen-bond acceptors (Lipinski definition) is 20. The molecule has 0 bridgehead atoms. The van der Waals surface area contributed by atoms with Gasteiger partial charge in [0.2, 0.25) is 0 Å². The van der Waals surface area contributed by atoms with Gasteiger partial charge in [0.05, 0.1) is 53.0 Å². The number of hydrogen-bond donors (Lipinski definition) is 5. The molecule has 0 spiro atoms. The molecular weight excluding hydrogens is 882 g/mol. The van der Waals surface area contributed by atoms with Gasteiger partial charge in [-0.1, -0.05) is 6.07 Å². The van der Waals surface area contributed by atoms with Gasteiger partial charge in [0.15, 0.2) is 5.75 Å². The second-order valence-electron chi connectivity index (χ2n) is 12.0. The number of nitrogens with zero attached hydrogens (tertiary/aromatic N) is 5. The van der Waals surface area contributed by atoms with E-state index in [4.69, 9.17) is 25.8 Å². The summed E-state index contributed by atoms with van der Waals surface area (Å²) >= 11 is 0. The maximum atomic E-state index is 12.0. The van der Waals surface area contributed by atoms with Crippen LogP contribution in [-0.4, -0.2) is 111 Å². The molecule has 26 heteroatoms. The number of aliphatic hydroxyl groups is 3. The number of anilines is 1. The topological polar surface area (TPSA) is 340 Å². The van der Waals surface area contributed by atoms with Gasteiger partial charge in [0.25, 0.3) is 0 Å². The van der Waals surface area contributed by atoms with Crippen molar-refractivity contribution in [3.05, 3.63) is 72.3 Å². The second kappa shape index (κ2) is 24.2. The van der Waals surface area contributed by atoms with Gasteiger partial charge < -0.3 is 44.6 Å². The molecule has 5 aromatic rings. The maximum Gasteiger partial charge on any atom is 1.00 e. The minimum absolute atomic E-state index is 0. The number of ether oxygens (including phenoxy) is 1. The first kappa shape index (κ1) is 56.0. The molecule has 0 aromatic heterocycles. The predicted octanol–water partition coefficient (Wildman–Crippen LogP) is -5.58. The molecule has 306 valence electrons. The van der Waals surface area contributed by atoms with Crippen LogP contribution < -0.4 is 110 Å². The Morgan fingerprint density at radius 1 is 0.683 bits per heavy atom. The fraction of sp³-hybridized carbons (Fsp3) is 0.235. The van der Waals surface area contributed by atoms with Crippen molar-refractivity contribution >= 4 is 80.3 Å². The Labute approximate surface area is 422 Å². The number of fused-ring (bicyclic) bond motifs is 2. The summed E-state index contributed by atoms with van der Waals surface area (Å²) in [5, 5.41) is 52.5. The molecule has 0 aliphatic rings. The van der Waals surface area contributed by atoms with Crippen molar-refractivity contribution in [1.29, 1.82) is 0 Å². The third-order valence-corrected chi connectivity index (χ3v) is 10.6. The van der Waals surface area contributed by atoms with Crippen molar-refractivity contribution in [3.63, 3.8) is 0 Å². The fourth-order valence-corrected chi connectivity index (χ4v) is 7.31. The second-order valence-corrected chi connectivity index (χ2v) is 16.0. The summed E-state index contributed by atoms with van der Waals surface area (Å²) in [6.45, 7) is 3.36. The van der Waals surface area contributed by atoms with Crippen molar-refractivity contribution in [2.24, 2.45) is 20.5 Å². The number of benzene rings is 5. The quantitative estimate of drug-likeness (QED) is 0.0300. The zero-order valence-corrected chi connectivity index (χ0v) is 40.6. The summed E-state index contributed by atoms with van der Waals surface area (Å²) in [6.07, 6.45) is 0. The molecule has 0 atom stereocenters. The van der Waals surface area contributed by atoms with Crippen LogP contribution in [0.5, 0.6) is 11.5 Å². The van der Waals surface area contributed by atoms with Crippen LogP contribution in [0.3, 0.4) is 0 Å². The smallest absolute Gasteiger partial charge is 0.744 e. The molecule has 0 saturated heterocycles. The van der Waals surface area contributed by atoms with Crippen molar-refractivity contribution < 1.29 is 164 Å². The van der Waals surface area contributed by atoms with Gasteiger partial charge in [-0.05, 0) is 77.9 Å². The number of nitrogen functional groups attached to an aromatic ring is 1. The van der Waals surface area contributed by atoms with Crippen LogP contribution in [0.2, 0.25) is 0 Å². The van der Waals surface area contributed by atoms with Gasteiger partial charge >= 0.3 is 99.8 Å². The van der Waals surface area contributed by atoms with Gasteiger partial charge in [0, 0.05) is 42.2 Å². The van der Waals surface area contributed by atoms with Gasteiger partial charge in [-0.2, -0.15) is 10.2 Å². The number of nitrogens with two attached hydrogens (primary N) is 1. The van der Waals surface area contributed by atoms with Crippen molar-refractivity contribution in [3.8, 4) is 11.5 Å². The number of phenols is 1. The Morgan fingerprint density at radius 3 is 1.80 bits per heavy atom. The number of methoxy groups -OCH3 is 1. The number of aliphatic hydroxyl groups excluding tert-OH is 3. The van der Waals surface area contributed by atoms with Crippen LogP contribution in [0, 0.1) is 6.92 Å². The van der Waals surface area contributed by atoms with Gasteiger partial charge in [-0.3, -0.25) is 4.90 Å². The molecule has 0 radical (unpaired) electrons. The van der Waals surface area contributed by atoms with Crippen LogP contribution >= 0.6 is 0 Å². The molecule has 0 fully saturated rings. The van der Waals surface area contributed by atoms with E-state index in [1.807, 2.05) is 0 Å². The van der Waals surface area contributed by atoms with E-state index in [9.17, 15) is 44.0 Å². The average molecular weight is 917 g/mol. The minimum atomic E-state index is -5.20. The van der Waals surface area contributed by atoms with E-state index >= 15 is 0 Å². The van der Waals surface area contributed by atoms with E-state index in [1.54, 1.807) is 11.8 Å². The first-order chi connectivity index (χ1) is 26.7. The Kier molecular flexibility index (Phi) is 22.6.